The average molecular weight is 264 g/mol. The van der Waals surface area contributed by atoms with Gasteiger partial charge < -0.3 is 15.3 Å². The third-order valence-electron chi connectivity index (χ3n) is 2.71. The summed E-state index contributed by atoms with van der Waals surface area (Å²) in [6.07, 6.45) is 0. The van der Waals surface area contributed by atoms with Crippen LogP contribution < -0.4 is 5.32 Å². The summed E-state index contributed by atoms with van der Waals surface area (Å²) in [4.78, 5) is 25.1. The Labute approximate surface area is 113 Å². The molecule has 19 heavy (non-hydrogen) atoms. The van der Waals surface area contributed by atoms with Gasteiger partial charge in [-0.15, -0.1) is 0 Å². The van der Waals surface area contributed by atoms with E-state index in [1.807, 2.05) is 13.8 Å². The van der Waals surface area contributed by atoms with Crippen LogP contribution in [0.2, 0.25) is 0 Å². The van der Waals surface area contributed by atoms with E-state index in [0.29, 0.717) is 11.1 Å². The standard InChI is InChI=1S/C14H20N2O3/c1-9(2)15-13(18)8-16(4)14(19)11-6-5-7-12(17)10(11)3/h5-7,9,17H,8H2,1-4H3,(H,15,18). The molecule has 1 aromatic carbocycles. The first-order chi connectivity index (χ1) is 8.82. The fourth-order valence-electron chi connectivity index (χ4n) is 1.72. The minimum Gasteiger partial charge on any atom is -0.508 e. The third-order valence-corrected chi connectivity index (χ3v) is 2.71. The quantitative estimate of drug-likeness (QED) is 0.861. The van der Waals surface area contributed by atoms with Gasteiger partial charge in [0.15, 0.2) is 0 Å². The molecule has 0 radical (unpaired) electrons. The summed E-state index contributed by atoms with van der Waals surface area (Å²) in [5.41, 5.74) is 0.920. The van der Waals surface area contributed by atoms with Gasteiger partial charge in [-0.25, -0.2) is 0 Å². The molecule has 0 heterocycles. The van der Waals surface area contributed by atoms with E-state index >= 15 is 0 Å². The first-order valence-electron chi connectivity index (χ1n) is 6.16. The molecule has 0 unspecified atom stereocenters. The number of hydrogen-bond donors (Lipinski definition) is 2. The molecule has 0 aliphatic carbocycles. The number of benzene rings is 1. The zero-order chi connectivity index (χ0) is 14.6. The van der Waals surface area contributed by atoms with Crippen LogP contribution in [0.4, 0.5) is 0 Å². The Bertz CT molecular complexity index is 484. The molecule has 2 N–H and O–H groups in total. The Morgan fingerprint density at radius 3 is 2.58 bits per heavy atom. The first-order valence-corrected chi connectivity index (χ1v) is 6.16. The molecular formula is C14H20N2O3. The van der Waals surface area contributed by atoms with Crippen molar-refractivity contribution >= 4 is 11.8 Å². The van der Waals surface area contributed by atoms with Gasteiger partial charge >= 0.3 is 0 Å². The Morgan fingerprint density at radius 1 is 1.37 bits per heavy atom. The molecular weight excluding hydrogens is 244 g/mol. The molecule has 0 bridgehead atoms. The van der Waals surface area contributed by atoms with Crippen LogP contribution in [-0.2, 0) is 4.79 Å². The maximum Gasteiger partial charge on any atom is 0.254 e. The molecule has 1 aromatic rings. The van der Waals surface area contributed by atoms with E-state index in [9.17, 15) is 14.7 Å². The van der Waals surface area contributed by atoms with Gasteiger partial charge in [0.25, 0.3) is 5.91 Å². The van der Waals surface area contributed by atoms with Gasteiger partial charge in [0.05, 0.1) is 6.54 Å². The predicted octanol–water partition coefficient (Wildman–Crippen LogP) is 1.30. The summed E-state index contributed by atoms with van der Waals surface area (Å²) in [7, 11) is 1.56. The first kappa shape index (κ1) is 15.0. The van der Waals surface area contributed by atoms with Crippen molar-refractivity contribution in [3.8, 4) is 5.75 Å². The number of likely N-dealkylation sites (N-methyl/N-ethyl adjacent to an activating group) is 1. The van der Waals surface area contributed by atoms with E-state index in [-0.39, 0.29) is 30.2 Å². The number of nitrogens with one attached hydrogen (secondary N) is 1. The SMILES string of the molecule is Cc1c(O)cccc1C(=O)N(C)CC(=O)NC(C)C. The Balaban J connectivity index is 2.77. The van der Waals surface area contributed by atoms with Crippen LogP contribution in [0.3, 0.4) is 0 Å². The molecule has 0 aromatic heterocycles. The van der Waals surface area contributed by atoms with Gasteiger partial charge in [0.1, 0.15) is 5.75 Å². The van der Waals surface area contributed by atoms with Crippen molar-refractivity contribution in [3.63, 3.8) is 0 Å². The highest BCUT2D eigenvalue weighted by molar-refractivity contribution is 5.98. The number of hydrogen-bond acceptors (Lipinski definition) is 3. The van der Waals surface area contributed by atoms with Crippen molar-refractivity contribution in [2.24, 2.45) is 0 Å². The fourth-order valence-corrected chi connectivity index (χ4v) is 1.72. The molecule has 5 nitrogen and oxygen atoms in total. The Hall–Kier alpha value is -2.04. The van der Waals surface area contributed by atoms with E-state index < -0.39 is 0 Å². The van der Waals surface area contributed by atoms with Crippen LogP contribution in [0, 0.1) is 6.92 Å². The lowest BCUT2D eigenvalue weighted by Crippen LogP contribution is -2.41. The van der Waals surface area contributed by atoms with Crippen LogP contribution in [0.5, 0.6) is 5.75 Å². The molecule has 0 aliphatic heterocycles. The number of aromatic hydroxyl groups is 1. The van der Waals surface area contributed by atoms with Gasteiger partial charge in [-0.05, 0) is 32.9 Å². The van der Waals surface area contributed by atoms with Crippen molar-refractivity contribution < 1.29 is 14.7 Å². The topological polar surface area (TPSA) is 69.6 Å². The highest BCUT2D eigenvalue weighted by Gasteiger charge is 2.18. The Kier molecular flexibility index (Phi) is 4.92. The summed E-state index contributed by atoms with van der Waals surface area (Å²) in [5, 5.41) is 12.3. The molecule has 0 aliphatic rings. The number of nitrogens with zero attached hydrogens (tertiary/aromatic N) is 1. The summed E-state index contributed by atoms with van der Waals surface area (Å²) in [5.74, 6) is -0.415. The molecule has 0 fully saturated rings. The second-order valence-electron chi connectivity index (χ2n) is 4.83. The average Bonchev–Trinajstić information content (AvgIpc) is 2.30. The number of carbonyl (C=O) groups is 2. The van der Waals surface area contributed by atoms with Crippen molar-refractivity contribution in [1.29, 1.82) is 0 Å². The monoisotopic (exact) mass is 264 g/mol. The van der Waals surface area contributed by atoms with E-state index in [4.69, 9.17) is 0 Å². The van der Waals surface area contributed by atoms with Crippen LogP contribution in [0.1, 0.15) is 29.8 Å². The van der Waals surface area contributed by atoms with Gasteiger partial charge in [-0.2, -0.15) is 0 Å². The molecule has 5 heteroatoms. The predicted molar refractivity (Wildman–Crippen MR) is 73.1 cm³/mol. The van der Waals surface area contributed by atoms with Crippen LogP contribution in [0.25, 0.3) is 0 Å². The lowest BCUT2D eigenvalue weighted by Gasteiger charge is -2.19. The van der Waals surface area contributed by atoms with Gasteiger partial charge in [0, 0.05) is 24.2 Å². The molecule has 0 atom stereocenters. The maximum atomic E-state index is 12.2. The lowest BCUT2D eigenvalue weighted by molar-refractivity contribution is -0.122. The minimum atomic E-state index is -0.285. The van der Waals surface area contributed by atoms with Crippen molar-refractivity contribution in [1.82, 2.24) is 10.2 Å². The fraction of sp³-hybridized carbons (Fsp3) is 0.429. The molecule has 0 spiro atoms. The number of rotatable bonds is 4. The number of amides is 2. The van der Waals surface area contributed by atoms with E-state index in [0.717, 1.165) is 0 Å². The van der Waals surface area contributed by atoms with Gasteiger partial charge in [0.2, 0.25) is 5.91 Å². The smallest absolute Gasteiger partial charge is 0.254 e. The number of phenolic OH excluding ortho intramolecular Hbond substituents is 1. The van der Waals surface area contributed by atoms with Crippen molar-refractivity contribution in [3.05, 3.63) is 29.3 Å². The highest BCUT2D eigenvalue weighted by atomic mass is 16.3. The normalized spacial score (nSPS) is 10.4. The minimum absolute atomic E-state index is 0.00783. The van der Waals surface area contributed by atoms with Crippen molar-refractivity contribution in [2.45, 2.75) is 26.8 Å². The largest absolute Gasteiger partial charge is 0.508 e. The van der Waals surface area contributed by atoms with E-state index in [1.54, 1.807) is 26.1 Å². The maximum absolute atomic E-state index is 12.2. The van der Waals surface area contributed by atoms with E-state index in [2.05, 4.69) is 5.32 Å². The summed E-state index contributed by atoms with van der Waals surface area (Å²) < 4.78 is 0. The van der Waals surface area contributed by atoms with Crippen molar-refractivity contribution in [2.75, 3.05) is 13.6 Å². The van der Waals surface area contributed by atoms with Gasteiger partial charge in [-0.1, -0.05) is 6.07 Å². The molecule has 0 saturated carbocycles. The molecule has 0 saturated heterocycles. The van der Waals surface area contributed by atoms with Gasteiger partial charge in [-0.3, -0.25) is 9.59 Å². The molecule has 104 valence electrons. The molecule has 1 rings (SSSR count). The highest BCUT2D eigenvalue weighted by Crippen LogP contribution is 2.20. The summed E-state index contributed by atoms with van der Waals surface area (Å²) >= 11 is 0. The third kappa shape index (κ3) is 3.98. The summed E-state index contributed by atoms with van der Waals surface area (Å²) in [6, 6.07) is 4.81. The zero-order valence-electron chi connectivity index (χ0n) is 11.7. The van der Waals surface area contributed by atoms with Crippen LogP contribution in [0.15, 0.2) is 18.2 Å². The number of phenols is 1. The van der Waals surface area contributed by atoms with Crippen LogP contribution in [-0.4, -0.2) is 41.5 Å². The zero-order valence-corrected chi connectivity index (χ0v) is 11.7. The summed E-state index contributed by atoms with van der Waals surface area (Å²) in [6.45, 7) is 5.38. The Morgan fingerprint density at radius 2 is 2.00 bits per heavy atom. The lowest BCUT2D eigenvalue weighted by atomic mass is 10.1. The second kappa shape index (κ2) is 6.22. The molecule has 2 amide bonds. The second-order valence-corrected chi connectivity index (χ2v) is 4.83. The van der Waals surface area contributed by atoms with Crippen LogP contribution >= 0.6 is 0 Å². The number of carbonyl (C=O) groups excluding carboxylic acids is 2. The van der Waals surface area contributed by atoms with E-state index in [1.165, 1.54) is 11.0 Å².